The summed E-state index contributed by atoms with van der Waals surface area (Å²) in [6.45, 7) is 1.33. The second kappa shape index (κ2) is 5.34. The zero-order chi connectivity index (χ0) is 10.5. The van der Waals surface area contributed by atoms with Gasteiger partial charge in [0.15, 0.2) is 4.58 Å². The van der Waals surface area contributed by atoms with Gasteiger partial charge in [-0.2, -0.15) is 8.42 Å². The maximum Gasteiger partial charge on any atom is 0.282 e. The molecular formula is C6H9O5S2-. The Morgan fingerprint density at radius 2 is 2.23 bits per heavy atom. The average Bonchev–Trinajstić information content (AvgIpc) is 1.99. The molecule has 0 saturated carbocycles. The van der Waals surface area contributed by atoms with E-state index in [9.17, 15) is 17.2 Å². The van der Waals surface area contributed by atoms with Gasteiger partial charge < -0.3 is 4.55 Å². The number of rotatable bonds is 5. The van der Waals surface area contributed by atoms with Crippen LogP contribution in [0, 0.1) is 12.3 Å². The Hall–Kier alpha value is -0.420. The zero-order valence-electron chi connectivity index (χ0n) is 6.93. The van der Waals surface area contributed by atoms with Crippen molar-refractivity contribution >= 4 is 21.2 Å². The van der Waals surface area contributed by atoms with E-state index in [2.05, 4.69) is 4.18 Å². The van der Waals surface area contributed by atoms with Gasteiger partial charge in [0.25, 0.3) is 10.1 Å². The summed E-state index contributed by atoms with van der Waals surface area (Å²) in [5.41, 5.74) is 0. The highest BCUT2D eigenvalue weighted by molar-refractivity contribution is 8.01. The molecule has 0 aromatic heterocycles. The van der Waals surface area contributed by atoms with Crippen LogP contribution >= 0.6 is 0 Å². The first-order valence-corrected chi connectivity index (χ1v) is 5.96. The minimum absolute atomic E-state index is 0.111. The van der Waals surface area contributed by atoms with Crippen LogP contribution in [0.4, 0.5) is 0 Å². The van der Waals surface area contributed by atoms with E-state index in [1.54, 1.807) is 0 Å². The van der Waals surface area contributed by atoms with Gasteiger partial charge in [-0.25, -0.2) is 0 Å². The van der Waals surface area contributed by atoms with Gasteiger partial charge in [0.1, 0.15) is 0 Å². The third-order valence-corrected chi connectivity index (χ3v) is 4.25. The lowest BCUT2D eigenvalue weighted by Gasteiger charge is -2.16. The van der Waals surface area contributed by atoms with Crippen molar-refractivity contribution in [3.05, 3.63) is 0 Å². The third-order valence-electron chi connectivity index (χ3n) is 1.10. The number of hydrogen-bond acceptors (Lipinski definition) is 5. The van der Waals surface area contributed by atoms with Gasteiger partial charge in [-0.1, -0.05) is 0 Å². The summed E-state index contributed by atoms with van der Waals surface area (Å²) < 4.78 is 45.6. The lowest BCUT2D eigenvalue weighted by atomic mass is 10.5. The molecule has 0 saturated heterocycles. The fourth-order valence-electron chi connectivity index (χ4n) is 0.603. The van der Waals surface area contributed by atoms with Crippen LogP contribution in [-0.4, -0.2) is 28.4 Å². The van der Waals surface area contributed by atoms with Crippen LogP contribution in [0.3, 0.4) is 0 Å². The molecule has 2 unspecified atom stereocenters. The van der Waals surface area contributed by atoms with Gasteiger partial charge in [0.2, 0.25) is 0 Å². The zero-order valence-corrected chi connectivity index (χ0v) is 8.56. The lowest BCUT2D eigenvalue weighted by molar-refractivity contribution is 0.335. The van der Waals surface area contributed by atoms with E-state index in [0.29, 0.717) is 0 Å². The van der Waals surface area contributed by atoms with E-state index in [0.717, 1.165) is 0 Å². The van der Waals surface area contributed by atoms with E-state index in [4.69, 9.17) is 6.42 Å². The Labute approximate surface area is 79.9 Å². The van der Waals surface area contributed by atoms with Crippen molar-refractivity contribution in [1.29, 1.82) is 0 Å². The Morgan fingerprint density at radius 1 is 1.69 bits per heavy atom. The van der Waals surface area contributed by atoms with Crippen molar-refractivity contribution in [3.63, 3.8) is 0 Å². The van der Waals surface area contributed by atoms with Gasteiger partial charge in [0, 0.05) is 6.42 Å². The normalized spacial score (nSPS) is 16.1. The standard InChI is InChI=1S/C6H10O5S2/c1-3-5-6(12(7)8)13(9,10)11-4-2/h1,6H,4-5H2,2H3,(H,7,8)/p-1. The summed E-state index contributed by atoms with van der Waals surface area (Å²) in [7, 11) is -4.09. The molecule has 0 aromatic rings. The Morgan fingerprint density at radius 3 is 2.54 bits per heavy atom. The SMILES string of the molecule is C#CCC(S(=O)[O-])S(=O)(=O)OCC. The first-order valence-electron chi connectivity index (χ1n) is 3.35. The molecule has 5 nitrogen and oxygen atoms in total. The molecular weight excluding hydrogens is 216 g/mol. The summed E-state index contributed by atoms with van der Waals surface area (Å²) in [4.78, 5) is 0. The minimum atomic E-state index is -4.09. The molecule has 0 aliphatic heterocycles. The Kier molecular flexibility index (Phi) is 5.17. The minimum Gasteiger partial charge on any atom is -0.771 e. The van der Waals surface area contributed by atoms with Crippen LogP contribution in [0.25, 0.3) is 0 Å². The van der Waals surface area contributed by atoms with Crippen LogP contribution < -0.4 is 0 Å². The maximum atomic E-state index is 11.1. The van der Waals surface area contributed by atoms with Gasteiger partial charge in [0.05, 0.1) is 6.61 Å². The molecule has 0 aromatic carbocycles. The van der Waals surface area contributed by atoms with Gasteiger partial charge in [-0.3, -0.25) is 8.39 Å². The summed E-state index contributed by atoms with van der Waals surface area (Å²) in [6, 6.07) is 0. The van der Waals surface area contributed by atoms with E-state index in [1.807, 2.05) is 5.92 Å². The molecule has 0 amide bonds. The highest BCUT2D eigenvalue weighted by Gasteiger charge is 2.26. The summed E-state index contributed by atoms with van der Waals surface area (Å²) in [5.74, 6) is 1.96. The molecule has 7 heteroatoms. The molecule has 76 valence electrons. The van der Waals surface area contributed by atoms with E-state index in [1.165, 1.54) is 6.92 Å². The molecule has 0 fully saturated rings. The molecule has 0 aliphatic carbocycles. The molecule has 0 spiro atoms. The van der Waals surface area contributed by atoms with Crippen molar-refractivity contribution in [3.8, 4) is 12.3 Å². The molecule has 0 radical (unpaired) electrons. The maximum absolute atomic E-state index is 11.1. The first-order chi connectivity index (χ1) is 5.95. The topological polar surface area (TPSA) is 83.5 Å². The first kappa shape index (κ1) is 12.6. The highest BCUT2D eigenvalue weighted by atomic mass is 32.3. The fourth-order valence-corrected chi connectivity index (χ4v) is 2.55. The Balaban J connectivity index is 4.75. The van der Waals surface area contributed by atoms with Crippen molar-refractivity contribution in [2.45, 2.75) is 17.9 Å². The molecule has 0 rings (SSSR count). The molecule has 13 heavy (non-hydrogen) atoms. The van der Waals surface area contributed by atoms with Crippen molar-refractivity contribution in [2.75, 3.05) is 6.61 Å². The largest absolute Gasteiger partial charge is 0.771 e. The van der Waals surface area contributed by atoms with Crippen LogP contribution in [-0.2, 0) is 25.4 Å². The predicted octanol–water partition coefficient (Wildman–Crippen LogP) is -0.419. The molecule has 0 aliphatic rings. The van der Waals surface area contributed by atoms with Crippen molar-refractivity contribution < 1.29 is 21.4 Å². The monoisotopic (exact) mass is 225 g/mol. The quantitative estimate of drug-likeness (QED) is 0.360. The molecule has 0 heterocycles. The molecule has 2 atom stereocenters. The Bertz CT molecular complexity index is 312. The second-order valence-corrected chi connectivity index (χ2v) is 5.18. The molecule has 0 N–H and O–H groups in total. The van der Waals surface area contributed by atoms with Crippen LogP contribution in [0.1, 0.15) is 13.3 Å². The average molecular weight is 225 g/mol. The molecule has 0 bridgehead atoms. The fraction of sp³-hybridized carbons (Fsp3) is 0.667. The summed E-state index contributed by atoms with van der Waals surface area (Å²) in [5, 5.41) is 0. The van der Waals surface area contributed by atoms with E-state index < -0.39 is 32.2 Å². The predicted molar refractivity (Wildman–Crippen MR) is 46.7 cm³/mol. The van der Waals surface area contributed by atoms with E-state index in [-0.39, 0.29) is 6.61 Å². The van der Waals surface area contributed by atoms with Crippen molar-refractivity contribution in [2.24, 2.45) is 0 Å². The summed E-state index contributed by atoms with van der Waals surface area (Å²) >= 11 is -2.78. The number of hydrogen-bond donors (Lipinski definition) is 0. The third kappa shape index (κ3) is 3.87. The van der Waals surface area contributed by atoms with Crippen LogP contribution in [0.15, 0.2) is 0 Å². The van der Waals surface area contributed by atoms with E-state index >= 15 is 0 Å². The van der Waals surface area contributed by atoms with Gasteiger partial charge in [-0.05, 0) is 18.0 Å². The number of terminal acetylenes is 1. The highest BCUT2D eigenvalue weighted by Crippen LogP contribution is 2.10. The second-order valence-electron chi connectivity index (χ2n) is 2.00. The van der Waals surface area contributed by atoms with Crippen molar-refractivity contribution in [1.82, 2.24) is 0 Å². The van der Waals surface area contributed by atoms with Gasteiger partial charge >= 0.3 is 0 Å². The lowest BCUT2D eigenvalue weighted by Crippen LogP contribution is -2.27. The van der Waals surface area contributed by atoms with Crippen LogP contribution in [0.5, 0.6) is 0 Å². The van der Waals surface area contributed by atoms with Crippen LogP contribution in [0.2, 0.25) is 0 Å². The summed E-state index contributed by atoms with van der Waals surface area (Å²) in [6.07, 6.45) is 4.41. The van der Waals surface area contributed by atoms with Gasteiger partial charge in [-0.15, -0.1) is 12.3 Å². The smallest absolute Gasteiger partial charge is 0.282 e.